The predicted octanol–water partition coefficient (Wildman–Crippen LogP) is 2.62. The maximum absolute atomic E-state index is 6.37. The van der Waals surface area contributed by atoms with Gasteiger partial charge in [0.25, 0.3) is 0 Å². The highest BCUT2D eigenvalue weighted by atomic mass is 32.1. The minimum atomic E-state index is -0.0953. The molecule has 3 aromatic rings. The van der Waals surface area contributed by atoms with Crippen molar-refractivity contribution < 1.29 is 0 Å². The van der Waals surface area contributed by atoms with Crippen molar-refractivity contribution in [1.29, 1.82) is 0 Å². The smallest absolute Gasteiger partial charge is 0.111 e. The molecule has 5 nitrogen and oxygen atoms in total. The zero-order valence-electron chi connectivity index (χ0n) is 12.3. The Kier molecular flexibility index (Phi) is 3.98. The second-order valence-corrected chi connectivity index (χ2v) is 6.01. The molecule has 0 bridgehead atoms. The molecular formula is C15H19N5S. The summed E-state index contributed by atoms with van der Waals surface area (Å²) in [6.45, 7) is 2.14. The number of benzene rings is 1. The lowest BCUT2D eigenvalue weighted by atomic mass is 10.1. The molecule has 0 amide bonds. The monoisotopic (exact) mass is 301 g/mol. The molecule has 0 saturated heterocycles. The highest BCUT2D eigenvalue weighted by Gasteiger charge is 2.18. The molecule has 3 rings (SSSR count). The molecule has 2 N–H and O–H groups in total. The van der Waals surface area contributed by atoms with Gasteiger partial charge >= 0.3 is 0 Å². The van der Waals surface area contributed by atoms with Crippen LogP contribution in [0.25, 0.3) is 11.0 Å². The number of nitrogens with zero attached hydrogens (tertiary/aromatic N) is 4. The van der Waals surface area contributed by atoms with Crippen molar-refractivity contribution in [1.82, 2.24) is 19.1 Å². The number of aromatic nitrogens is 4. The Morgan fingerprint density at radius 1 is 1.33 bits per heavy atom. The Balaban J connectivity index is 1.87. The van der Waals surface area contributed by atoms with Crippen LogP contribution in [-0.2, 0) is 19.9 Å². The van der Waals surface area contributed by atoms with E-state index in [0.717, 1.165) is 40.3 Å². The molecule has 2 aromatic heterocycles. The summed E-state index contributed by atoms with van der Waals surface area (Å²) in [5.74, 6) is 1.000. The van der Waals surface area contributed by atoms with Gasteiger partial charge in [-0.3, -0.25) is 0 Å². The van der Waals surface area contributed by atoms with Crippen molar-refractivity contribution in [3.05, 3.63) is 40.7 Å². The summed E-state index contributed by atoms with van der Waals surface area (Å²) in [5, 5.41) is 4.20. The highest BCUT2D eigenvalue weighted by molar-refractivity contribution is 7.05. The first-order valence-corrected chi connectivity index (χ1v) is 7.95. The summed E-state index contributed by atoms with van der Waals surface area (Å²) in [6.07, 6.45) is 2.69. The number of rotatable bonds is 5. The lowest BCUT2D eigenvalue weighted by molar-refractivity contribution is 0.664. The van der Waals surface area contributed by atoms with Crippen molar-refractivity contribution in [2.24, 2.45) is 12.8 Å². The first-order valence-electron chi connectivity index (χ1n) is 7.17. The van der Waals surface area contributed by atoms with Crippen LogP contribution >= 0.6 is 11.5 Å². The lowest BCUT2D eigenvalue weighted by Crippen LogP contribution is -2.16. The highest BCUT2D eigenvalue weighted by Crippen LogP contribution is 2.24. The summed E-state index contributed by atoms with van der Waals surface area (Å²) < 4.78 is 6.17. The van der Waals surface area contributed by atoms with Crippen LogP contribution in [0.15, 0.2) is 24.3 Å². The largest absolute Gasteiger partial charge is 0.331 e. The molecule has 0 spiro atoms. The van der Waals surface area contributed by atoms with E-state index in [1.165, 1.54) is 11.5 Å². The van der Waals surface area contributed by atoms with E-state index in [9.17, 15) is 0 Å². The van der Waals surface area contributed by atoms with Crippen LogP contribution in [0.5, 0.6) is 0 Å². The second kappa shape index (κ2) is 5.91. The summed E-state index contributed by atoms with van der Waals surface area (Å²) in [4.78, 5) is 5.77. The Hall–Kier alpha value is -1.79. The summed E-state index contributed by atoms with van der Waals surface area (Å²) in [6, 6.07) is 8.04. The number of imidazole rings is 1. The first-order chi connectivity index (χ1) is 10.2. The van der Waals surface area contributed by atoms with Crippen molar-refractivity contribution in [3.8, 4) is 0 Å². The number of nitrogens with two attached hydrogens (primary N) is 1. The van der Waals surface area contributed by atoms with Gasteiger partial charge < -0.3 is 10.3 Å². The lowest BCUT2D eigenvalue weighted by Gasteiger charge is -2.10. The molecule has 0 saturated carbocycles. The standard InChI is InChI=1S/C15H19N5S/c1-3-6-12-15(21-19-18-12)10(16)9-14-17-11-7-4-5-8-13(11)20(14)2/h4-5,7-8,10H,3,6,9,16H2,1-2H3. The number of fused-ring (bicyclic) bond motifs is 1. The molecular weight excluding hydrogens is 282 g/mol. The molecule has 0 radical (unpaired) electrons. The van der Waals surface area contributed by atoms with E-state index in [0.29, 0.717) is 6.42 Å². The third-order valence-corrected chi connectivity index (χ3v) is 4.59. The maximum Gasteiger partial charge on any atom is 0.111 e. The van der Waals surface area contributed by atoms with Crippen LogP contribution in [0.2, 0.25) is 0 Å². The average molecular weight is 301 g/mol. The minimum absolute atomic E-state index is 0.0953. The fourth-order valence-corrected chi connectivity index (χ4v) is 3.27. The van der Waals surface area contributed by atoms with E-state index in [1.807, 2.05) is 25.2 Å². The molecule has 110 valence electrons. The van der Waals surface area contributed by atoms with Crippen LogP contribution in [-0.4, -0.2) is 19.1 Å². The van der Waals surface area contributed by atoms with Gasteiger partial charge in [0.1, 0.15) is 5.82 Å². The van der Waals surface area contributed by atoms with Crippen LogP contribution in [0.4, 0.5) is 0 Å². The molecule has 0 aliphatic rings. The second-order valence-electron chi connectivity index (χ2n) is 5.22. The van der Waals surface area contributed by atoms with E-state index in [2.05, 4.69) is 32.1 Å². The minimum Gasteiger partial charge on any atom is -0.331 e. The molecule has 0 aliphatic heterocycles. The third kappa shape index (κ3) is 2.69. The van der Waals surface area contributed by atoms with Crippen molar-refractivity contribution >= 4 is 22.6 Å². The SMILES string of the molecule is CCCc1nnsc1C(N)Cc1nc2ccccc2n1C. The van der Waals surface area contributed by atoms with E-state index < -0.39 is 0 Å². The number of para-hydroxylation sites is 2. The molecule has 1 unspecified atom stereocenters. The fourth-order valence-electron chi connectivity index (χ4n) is 2.57. The van der Waals surface area contributed by atoms with E-state index in [1.54, 1.807) is 0 Å². The molecule has 1 atom stereocenters. The predicted molar refractivity (Wildman–Crippen MR) is 85.3 cm³/mol. The van der Waals surface area contributed by atoms with Crippen LogP contribution < -0.4 is 5.73 Å². The van der Waals surface area contributed by atoms with Gasteiger partial charge in [0, 0.05) is 19.5 Å². The van der Waals surface area contributed by atoms with Gasteiger partial charge in [-0.05, 0) is 30.1 Å². The summed E-state index contributed by atoms with van der Waals surface area (Å²) in [5.41, 5.74) is 9.55. The Bertz CT molecular complexity index is 745. The Labute approximate surface area is 128 Å². The molecule has 21 heavy (non-hydrogen) atoms. The maximum atomic E-state index is 6.37. The van der Waals surface area contributed by atoms with E-state index in [-0.39, 0.29) is 6.04 Å². The number of hydrogen-bond acceptors (Lipinski definition) is 5. The zero-order chi connectivity index (χ0) is 14.8. The Morgan fingerprint density at radius 3 is 2.90 bits per heavy atom. The number of aryl methyl sites for hydroxylation is 2. The topological polar surface area (TPSA) is 69.6 Å². The number of hydrogen-bond donors (Lipinski definition) is 1. The van der Waals surface area contributed by atoms with Gasteiger partial charge in [0.2, 0.25) is 0 Å². The van der Waals surface area contributed by atoms with Gasteiger partial charge in [0.15, 0.2) is 0 Å². The van der Waals surface area contributed by atoms with Crippen molar-refractivity contribution in [3.63, 3.8) is 0 Å². The normalized spacial score (nSPS) is 12.9. The van der Waals surface area contributed by atoms with E-state index in [4.69, 9.17) is 5.73 Å². The van der Waals surface area contributed by atoms with Gasteiger partial charge in [-0.25, -0.2) is 4.98 Å². The molecule has 6 heteroatoms. The van der Waals surface area contributed by atoms with Gasteiger partial charge in [-0.1, -0.05) is 30.0 Å². The molecule has 0 aliphatic carbocycles. The van der Waals surface area contributed by atoms with Crippen LogP contribution in [0.3, 0.4) is 0 Å². The summed E-state index contributed by atoms with van der Waals surface area (Å²) in [7, 11) is 2.04. The fraction of sp³-hybridized carbons (Fsp3) is 0.400. The molecule has 0 fully saturated rings. The summed E-state index contributed by atoms with van der Waals surface area (Å²) >= 11 is 1.41. The zero-order valence-corrected chi connectivity index (χ0v) is 13.1. The van der Waals surface area contributed by atoms with E-state index >= 15 is 0 Å². The first kappa shape index (κ1) is 14.2. The quantitative estimate of drug-likeness (QED) is 0.786. The third-order valence-electron chi connectivity index (χ3n) is 3.69. The van der Waals surface area contributed by atoms with Crippen LogP contribution in [0, 0.1) is 0 Å². The van der Waals surface area contributed by atoms with Crippen molar-refractivity contribution in [2.45, 2.75) is 32.2 Å². The van der Waals surface area contributed by atoms with Gasteiger partial charge in [-0.2, -0.15) is 0 Å². The molecule has 2 heterocycles. The molecule has 1 aromatic carbocycles. The van der Waals surface area contributed by atoms with Crippen LogP contribution in [0.1, 0.15) is 35.8 Å². The van der Waals surface area contributed by atoms with Crippen molar-refractivity contribution in [2.75, 3.05) is 0 Å². The van der Waals surface area contributed by atoms with Gasteiger partial charge in [-0.15, -0.1) is 5.10 Å². The average Bonchev–Trinajstić information content (AvgIpc) is 3.06. The van der Waals surface area contributed by atoms with Gasteiger partial charge in [0.05, 0.1) is 21.6 Å². The Morgan fingerprint density at radius 2 is 2.14 bits per heavy atom.